The molecule has 218 valence electrons. The fourth-order valence-electron chi connectivity index (χ4n) is 5.92. The third-order valence-electron chi connectivity index (χ3n) is 7.55. The van der Waals surface area contributed by atoms with Crippen molar-refractivity contribution in [2.45, 2.75) is 52.7 Å². The van der Waals surface area contributed by atoms with E-state index in [2.05, 4.69) is 10.4 Å². The summed E-state index contributed by atoms with van der Waals surface area (Å²) in [5.74, 6) is -0.491. The molecule has 1 unspecified atom stereocenters. The van der Waals surface area contributed by atoms with Crippen LogP contribution in [0.1, 0.15) is 59.9 Å². The highest BCUT2D eigenvalue weighted by Crippen LogP contribution is 2.38. The molecule has 4 rings (SSSR count). The van der Waals surface area contributed by atoms with Crippen LogP contribution < -0.4 is 21.5 Å². The summed E-state index contributed by atoms with van der Waals surface area (Å²) in [6.45, 7) is 7.22. The highest BCUT2D eigenvalue weighted by molar-refractivity contribution is 6.03. The van der Waals surface area contributed by atoms with Crippen molar-refractivity contribution in [2.75, 3.05) is 19.4 Å². The van der Waals surface area contributed by atoms with Gasteiger partial charge in [-0.25, -0.2) is 4.79 Å². The molecule has 2 atom stereocenters. The number of para-hydroxylation sites is 1. The molecule has 2 aromatic carbocycles. The monoisotopic (exact) mass is 562 g/mol. The van der Waals surface area contributed by atoms with Crippen LogP contribution in [0.3, 0.4) is 0 Å². The van der Waals surface area contributed by atoms with Crippen LogP contribution in [0.25, 0.3) is 11.3 Å². The molecular formula is C30H38N6O5. The van der Waals surface area contributed by atoms with E-state index in [4.69, 9.17) is 16.2 Å². The van der Waals surface area contributed by atoms with Crippen LogP contribution in [0.2, 0.25) is 0 Å². The number of nitrogens with zero attached hydrogens (tertiary/aromatic N) is 3. The highest BCUT2D eigenvalue weighted by atomic mass is 16.5. The summed E-state index contributed by atoms with van der Waals surface area (Å²) >= 11 is 0. The molecule has 11 nitrogen and oxygen atoms in total. The van der Waals surface area contributed by atoms with Crippen molar-refractivity contribution in [3.05, 3.63) is 65.2 Å². The lowest BCUT2D eigenvalue weighted by atomic mass is 9.74. The number of carboxylic acid groups (broad SMARTS) is 1. The van der Waals surface area contributed by atoms with E-state index in [0.717, 1.165) is 18.4 Å². The van der Waals surface area contributed by atoms with E-state index >= 15 is 0 Å². The Kier molecular flexibility index (Phi) is 8.55. The minimum absolute atomic E-state index is 0.0267. The zero-order valence-electron chi connectivity index (χ0n) is 23.9. The topological polar surface area (TPSA) is 166 Å². The maximum Gasteiger partial charge on any atom is 0.407 e. The molecule has 11 heteroatoms. The Morgan fingerprint density at radius 3 is 2.41 bits per heavy atom. The number of ether oxygens (including phenoxy) is 1. The quantitative estimate of drug-likeness (QED) is 0.322. The average molecular weight is 563 g/mol. The first-order valence-corrected chi connectivity index (χ1v) is 13.6. The van der Waals surface area contributed by atoms with Crippen LogP contribution in [0.5, 0.6) is 5.75 Å². The lowest BCUT2D eigenvalue weighted by molar-refractivity contribution is 0.0163. The molecule has 1 fully saturated rings. The number of nitrogens with two attached hydrogens (primary N) is 2. The molecule has 1 saturated heterocycles. The third-order valence-corrected chi connectivity index (χ3v) is 7.55. The maximum atomic E-state index is 12.7. The van der Waals surface area contributed by atoms with Crippen molar-refractivity contribution < 1.29 is 24.2 Å². The fourth-order valence-corrected chi connectivity index (χ4v) is 5.92. The van der Waals surface area contributed by atoms with Gasteiger partial charge in [0.15, 0.2) is 5.82 Å². The predicted molar refractivity (Wildman–Crippen MR) is 155 cm³/mol. The molecule has 0 saturated carbocycles. The zero-order chi connectivity index (χ0) is 29.9. The second-order valence-electron chi connectivity index (χ2n) is 11.4. The molecule has 41 heavy (non-hydrogen) atoms. The fraction of sp³-hybridized carbons (Fsp3) is 0.400. The smallest absolute Gasteiger partial charge is 0.407 e. The Morgan fingerprint density at radius 1 is 1.12 bits per heavy atom. The number of nitrogen functional groups attached to an aromatic ring is 1. The van der Waals surface area contributed by atoms with Gasteiger partial charge in [-0.3, -0.25) is 14.3 Å². The number of likely N-dealkylation sites (tertiary alicyclic amines) is 1. The van der Waals surface area contributed by atoms with Gasteiger partial charge in [-0.1, -0.05) is 57.2 Å². The Hall–Kier alpha value is -4.54. The van der Waals surface area contributed by atoms with Gasteiger partial charge in [-0.15, -0.1) is 0 Å². The molecule has 0 radical (unpaired) electrons. The highest BCUT2D eigenvalue weighted by Gasteiger charge is 2.42. The van der Waals surface area contributed by atoms with Crippen molar-refractivity contribution in [1.82, 2.24) is 20.0 Å². The third kappa shape index (κ3) is 6.29. The number of rotatable bonds is 8. The summed E-state index contributed by atoms with van der Waals surface area (Å²) in [6, 6.07) is 14.1. The van der Waals surface area contributed by atoms with Gasteiger partial charge in [0, 0.05) is 31.2 Å². The number of aromatic nitrogens is 2. The Balaban J connectivity index is 1.60. The average Bonchev–Trinajstić information content (AvgIpc) is 3.26. The van der Waals surface area contributed by atoms with Crippen molar-refractivity contribution >= 4 is 23.7 Å². The Morgan fingerprint density at radius 2 is 1.80 bits per heavy atom. The lowest BCUT2D eigenvalue weighted by Gasteiger charge is -2.46. The van der Waals surface area contributed by atoms with Crippen LogP contribution in [0.4, 0.5) is 10.6 Å². The summed E-state index contributed by atoms with van der Waals surface area (Å²) in [7, 11) is 1.52. The minimum Gasteiger partial charge on any atom is -0.496 e. The number of amides is 3. The van der Waals surface area contributed by atoms with Gasteiger partial charge in [-0.05, 0) is 41.9 Å². The number of primary amides is 1. The largest absolute Gasteiger partial charge is 0.496 e. The zero-order valence-corrected chi connectivity index (χ0v) is 23.9. The van der Waals surface area contributed by atoms with Crippen LogP contribution in [0, 0.1) is 11.3 Å². The molecule has 0 spiro atoms. The lowest BCUT2D eigenvalue weighted by Crippen LogP contribution is -2.55. The van der Waals surface area contributed by atoms with Crippen LogP contribution in [0.15, 0.2) is 48.5 Å². The molecule has 3 amide bonds. The van der Waals surface area contributed by atoms with E-state index in [-0.39, 0.29) is 41.2 Å². The number of piperidine rings is 1. The summed E-state index contributed by atoms with van der Waals surface area (Å²) in [6.07, 6.45) is 0.593. The maximum absolute atomic E-state index is 12.7. The molecule has 0 bridgehead atoms. The first-order valence-electron chi connectivity index (χ1n) is 13.6. The number of anilines is 1. The van der Waals surface area contributed by atoms with Crippen molar-refractivity contribution in [1.29, 1.82) is 0 Å². The molecule has 0 aliphatic carbocycles. The SMILES string of the molecule is COc1ccccc1C(=O)NCc1ccc(-c2c(C(N)=O)c(N)nn2C[C@H]2CCCN(C(=O)O)C2C(C)(C)C)cc1. The van der Waals surface area contributed by atoms with E-state index in [1.54, 1.807) is 28.9 Å². The van der Waals surface area contributed by atoms with Crippen LogP contribution in [-0.4, -0.2) is 57.4 Å². The second-order valence-corrected chi connectivity index (χ2v) is 11.4. The van der Waals surface area contributed by atoms with Crippen LogP contribution in [-0.2, 0) is 13.1 Å². The van der Waals surface area contributed by atoms with Crippen molar-refractivity contribution in [2.24, 2.45) is 17.1 Å². The van der Waals surface area contributed by atoms with E-state index in [1.165, 1.54) is 12.0 Å². The minimum atomic E-state index is -0.943. The standard InChI is InChI=1S/C30H38N6O5/c1-30(2,3)25-20(8-7-15-35(25)29(39)40)17-36-24(23(27(32)37)26(31)34-36)19-13-11-18(12-14-19)16-33-28(38)21-9-5-6-10-22(21)41-4/h5-6,9-14,20,25H,7-8,15-17H2,1-4H3,(H2,31,34)(H2,32,37)(H,33,38)(H,39,40)/t20-,25?/m1/s1. The van der Waals surface area contributed by atoms with Gasteiger partial charge in [-0.2, -0.15) is 5.10 Å². The molecule has 3 aromatic rings. The number of hydrogen-bond donors (Lipinski definition) is 4. The Labute approximate surface area is 239 Å². The van der Waals surface area contributed by atoms with Gasteiger partial charge in [0.05, 0.1) is 18.4 Å². The molecule has 2 heterocycles. The number of methoxy groups -OCH3 is 1. The normalized spacial score (nSPS) is 17.2. The van der Waals surface area contributed by atoms with E-state index < -0.39 is 12.0 Å². The molecule has 1 aromatic heterocycles. The Bertz CT molecular complexity index is 1430. The van der Waals surface area contributed by atoms with Gasteiger partial charge < -0.3 is 31.5 Å². The molecule has 1 aliphatic rings. The number of carbonyl (C=O) groups is 3. The van der Waals surface area contributed by atoms with E-state index in [9.17, 15) is 19.5 Å². The number of hydrogen-bond acceptors (Lipinski definition) is 6. The summed E-state index contributed by atoms with van der Waals surface area (Å²) < 4.78 is 6.96. The molecular weight excluding hydrogens is 524 g/mol. The predicted octanol–water partition coefficient (Wildman–Crippen LogP) is 3.97. The summed E-state index contributed by atoms with van der Waals surface area (Å²) in [4.78, 5) is 38.8. The first-order chi connectivity index (χ1) is 19.4. The summed E-state index contributed by atoms with van der Waals surface area (Å²) in [5, 5.41) is 17.3. The number of nitrogens with one attached hydrogen (secondary N) is 1. The van der Waals surface area contributed by atoms with Crippen molar-refractivity contribution in [3.63, 3.8) is 0 Å². The second kappa shape index (κ2) is 11.9. The number of benzene rings is 2. The number of carbonyl (C=O) groups excluding carboxylic acids is 2. The van der Waals surface area contributed by atoms with E-state index in [1.807, 2.05) is 45.0 Å². The van der Waals surface area contributed by atoms with Crippen LogP contribution >= 0.6 is 0 Å². The molecule has 1 aliphatic heterocycles. The van der Waals surface area contributed by atoms with E-state index in [0.29, 0.717) is 35.7 Å². The van der Waals surface area contributed by atoms with Gasteiger partial charge >= 0.3 is 6.09 Å². The molecule has 6 N–H and O–H groups in total. The summed E-state index contributed by atoms with van der Waals surface area (Å²) in [5.41, 5.74) is 14.2. The van der Waals surface area contributed by atoms with Gasteiger partial charge in [0.2, 0.25) is 0 Å². The van der Waals surface area contributed by atoms with Gasteiger partial charge in [0.25, 0.3) is 11.8 Å². The van der Waals surface area contributed by atoms with Gasteiger partial charge in [0.1, 0.15) is 11.3 Å². The first kappa shape index (κ1) is 29.4. The van der Waals surface area contributed by atoms with Crippen molar-refractivity contribution in [3.8, 4) is 17.0 Å².